The second kappa shape index (κ2) is 7.24. The van der Waals surface area contributed by atoms with Gasteiger partial charge in [-0.25, -0.2) is 0 Å². The summed E-state index contributed by atoms with van der Waals surface area (Å²) in [5, 5.41) is 17.7. The summed E-state index contributed by atoms with van der Waals surface area (Å²) < 4.78 is 7.00. The van der Waals surface area contributed by atoms with Crippen molar-refractivity contribution in [1.82, 2.24) is 14.8 Å². The number of carboxylic acid groups (broad SMARTS) is 1. The van der Waals surface area contributed by atoms with Gasteiger partial charge in [0.2, 0.25) is 0 Å². The molecule has 0 aliphatic heterocycles. The highest BCUT2D eigenvalue weighted by atomic mass is 32.2. The number of carboxylic acids is 1. The molecule has 21 heavy (non-hydrogen) atoms. The maximum Gasteiger partial charge on any atom is 0.313 e. The quantitative estimate of drug-likeness (QED) is 0.789. The van der Waals surface area contributed by atoms with E-state index in [0.717, 1.165) is 28.7 Å². The number of hydrogen-bond acceptors (Lipinski definition) is 5. The van der Waals surface area contributed by atoms with Gasteiger partial charge < -0.3 is 9.84 Å². The number of methoxy groups -OCH3 is 1. The third-order valence-electron chi connectivity index (χ3n) is 2.84. The lowest BCUT2D eigenvalue weighted by atomic mass is 10.1. The third-order valence-corrected chi connectivity index (χ3v) is 3.79. The molecule has 0 aliphatic carbocycles. The fourth-order valence-electron chi connectivity index (χ4n) is 1.90. The van der Waals surface area contributed by atoms with Gasteiger partial charge in [0.15, 0.2) is 11.0 Å². The van der Waals surface area contributed by atoms with E-state index < -0.39 is 5.97 Å². The number of carbonyl (C=O) groups is 1. The molecular formula is C14H17N3O3S. The van der Waals surface area contributed by atoms with Crippen molar-refractivity contribution in [2.75, 3.05) is 19.5 Å². The summed E-state index contributed by atoms with van der Waals surface area (Å²) in [6.45, 7) is 3.10. The predicted octanol–water partition coefficient (Wildman–Crippen LogP) is 2.08. The fourth-order valence-corrected chi connectivity index (χ4v) is 2.59. The molecule has 0 saturated heterocycles. The Bertz CT molecular complexity index is 628. The van der Waals surface area contributed by atoms with Crippen molar-refractivity contribution in [2.24, 2.45) is 0 Å². The van der Waals surface area contributed by atoms with E-state index in [0.29, 0.717) is 18.3 Å². The Labute approximate surface area is 127 Å². The van der Waals surface area contributed by atoms with E-state index >= 15 is 0 Å². The van der Waals surface area contributed by atoms with E-state index in [1.807, 2.05) is 35.8 Å². The molecule has 1 N–H and O–H groups in total. The zero-order valence-electron chi connectivity index (χ0n) is 11.9. The lowest BCUT2D eigenvalue weighted by Crippen LogP contribution is -2.08. The molecule has 112 valence electrons. The SMILES string of the molecule is COCCn1c(SCC(=O)O)nnc1-c1cccc(C)c1. The third kappa shape index (κ3) is 4.05. The number of hydrogen-bond donors (Lipinski definition) is 1. The summed E-state index contributed by atoms with van der Waals surface area (Å²) >= 11 is 1.16. The van der Waals surface area contributed by atoms with Crippen molar-refractivity contribution in [3.63, 3.8) is 0 Å². The van der Waals surface area contributed by atoms with E-state index in [9.17, 15) is 4.79 Å². The van der Waals surface area contributed by atoms with Crippen molar-refractivity contribution in [3.8, 4) is 11.4 Å². The average molecular weight is 307 g/mol. The molecule has 0 atom stereocenters. The largest absolute Gasteiger partial charge is 0.481 e. The lowest BCUT2D eigenvalue weighted by molar-refractivity contribution is -0.133. The summed E-state index contributed by atoms with van der Waals surface area (Å²) in [5.41, 5.74) is 2.09. The van der Waals surface area contributed by atoms with Gasteiger partial charge in [-0.2, -0.15) is 0 Å². The first kappa shape index (κ1) is 15.5. The molecule has 0 unspecified atom stereocenters. The number of aliphatic carboxylic acids is 1. The monoisotopic (exact) mass is 307 g/mol. The zero-order chi connectivity index (χ0) is 15.2. The fraction of sp³-hybridized carbons (Fsp3) is 0.357. The minimum absolute atomic E-state index is 0.0427. The highest BCUT2D eigenvalue weighted by Gasteiger charge is 2.15. The van der Waals surface area contributed by atoms with Crippen LogP contribution in [0.15, 0.2) is 29.4 Å². The molecule has 0 spiro atoms. The van der Waals surface area contributed by atoms with Gasteiger partial charge in [-0.05, 0) is 13.0 Å². The maximum absolute atomic E-state index is 10.7. The molecule has 1 aromatic heterocycles. The van der Waals surface area contributed by atoms with Gasteiger partial charge >= 0.3 is 5.97 Å². The van der Waals surface area contributed by atoms with Gasteiger partial charge in [-0.1, -0.05) is 35.5 Å². The molecule has 0 fully saturated rings. The van der Waals surface area contributed by atoms with Crippen LogP contribution in [0.4, 0.5) is 0 Å². The Hall–Kier alpha value is -1.86. The van der Waals surface area contributed by atoms with Crippen molar-refractivity contribution in [3.05, 3.63) is 29.8 Å². The number of ether oxygens (including phenoxy) is 1. The van der Waals surface area contributed by atoms with Crippen LogP contribution in [0.5, 0.6) is 0 Å². The van der Waals surface area contributed by atoms with Crippen LogP contribution in [0.3, 0.4) is 0 Å². The topological polar surface area (TPSA) is 77.2 Å². The van der Waals surface area contributed by atoms with Crippen molar-refractivity contribution in [2.45, 2.75) is 18.6 Å². The van der Waals surface area contributed by atoms with E-state index in [1.165, 1.54) is 0 Å². The standard InChI is InChI=1S/C14H17N3O3S/c1-10-4-3-5-11(8-10)13-15-16-14(21-9-12(18)19)17(13)6-7-20-2/h3-5,8H,6-7,9H2,1-2H3,(H,18,19). The normalized spacial score (nSPS) is 10.8. The molecule has 0 radical (unpaired) electrons. The summed E-state index contributed by atoms with van der Waals surface area (Å²) in [7, 11) is 1.63. The molecule has 0 bridgehead atoms. The molecule has 2 rings (SSSR count). The van der Waals surface area contributed by atoms with Crippen molar-refractivity contribution >= 4 is 17.7 Å². The minimum Gasteiger partial charge on any atom is -0.481 e. The molecular weight excluding hydrogens is 290 g/mol. The van der Waals surface area contributed by atoms with E-state index in [4.69, 9.17) is 9.84 Å². The molecule has 7 heteroatoms. The van der Waals surface area contributed by atoms with Crippen molar-refractivity contribution < 1.29 is 14.6 Å². The number of aromatic nitrogens is 3. The summed E-state index contributed by atoms with van der Waals surface area (Å²) in [6.07, 6.45) is 0. The molecule has 0 amide bonds. The van der Waals surface area contributed by atoms with E-state index in [2.05, 4.69) is 10.2 Å². The molecule has 0 saturated carbocycles. The average Bonchev–Trinajstić information content (AvgIpc) is 2.85. The molecule has 2 aromatic rings. The van der Waals surface area contributed by atoms with Gasteiger partial charge in [0.05, 0.1) is 18.9 Å². The van der Waals surface area contributed by atoms with Crippen molar-refractivity contribution in [1.29, 1.82) is 0 Å². The summed E-state index contributed by atoms with van der Waals surface area (Å²) in [5.74, 6) is -0.194. The van der Waals surface area contributed by atoms with Crippen LogP contribution in [-0.2, 0) is 16.1 Å². The van der Waals surface area contributed by atoms with Crippen LogP contribution in [0, 0.1) is 6.92 Å². The first-order valence-electron chi connectivity index (χ1n) is 6.45. The lowest BCUT2D eigenvalue weighted by Gasteiger charge is -2.09. The predicted molar refractivity (Wildman–Crippen MR) is 80.4 cm³/mol. The minimum atomic E-state index is -0.876. The second-order valence-electron chi connectivity index (χ2n) is 4.50. The van der Waals surface area contributed by atoms with Crippen LogP contribution in [0.1, 0.15) is 5.56 Å². The van der Waals surface area contributed by atoms with Gasteiger partial charge in [-0.15, -0.1) is 10.2 Å². The van der Waals surface area contributed by atoms with Crippen LogP contribution in [0.2, 0.25) is 0 Å². The highest BCUT2D eigenvalue weighted by molar-refractivity contribution is 7.99. The first-order valence-corrected chi connectivity index (χ1v) is 7.44. The zero-order valence-corrected chi connectivity index (χ0v) is 12.8. The number of benzene rings is 1. The second-order valence-corrected chi connectivity index (χ2v) is 5.45. The molecule has 6 nitrogen and oxygen atoms in total. The Morgan fingerprint density at radius 3 is 2.90 bits per heavy atom. The van der Waals surface area contributed by atoms with E-state index in [-0.39, 0.29) is 5.75 Å². The highest BCUT2D eigenvalue weighted by Crippen LogP contribution is 2.24. The van der Waals surface area contributed by atoms with Crippen LogP contribution < -0.4 is 0 Å². The number of rotatable bonds is 7. The Morgan fingerprint density at radius 1 is 1.43 bits per heavy atom. The molecule has 1 heterocycles. The molecule has 1 aromatic carbocycles. The van der Waals surface area contributed by atoms with Crippen LogP contribution in [-0.4, -0.2) is 45.3 Å². The Morgan fingerprint density at radius 2 is 2.24 bits per heavy atom. The number of nitrogens with zero attached hydrogens (tertiary/aromatic N) is 3. The van der Waals surface area contributed by atoms with Gasteiger partial charge in [0, 0.05) is 12.7 Å². The molecule has 0 aliphatic rings. The van der Waals surface area contributed by atoms with Crippen LogP contribution in [0.25, 0.3) is 11.4 Å². The van der Waals surface area contributed by atoms with Gasteiger partial charge in [0.1, 0.15) is 0 Å². The maximum atomic E-state index is 10.7. The smallest absolute Gasteiger partial charge is 0.313 e. The number of aryl methyl sites for hydroxylation is 1. The summed E-state index contributed by atoms with van der Waals surface area (Å²) in [4.78, 5) is 10.7. The number of thioether (sulfide) groups is 1. The van der Waals surface area contributed by atoms with Gasteiger partial charge in [-0.3, -0.25) is 9.36 Å². The van der Waals surface area contributed by atoms with Gasteiger partial charge in [0.25, 0.3) is 0 Å². The summed E-state index contributed by atoms with van der Waals surface area (Å²) in [6, 6.07) is 7.97. The Balaban J connectivity index is 2.33. The van der Waals surface area contributed by atoms with E-state index in [1.54, 1.807) is 7.11 Å². The Kier molecular flexibility index (Phi) is 5.35. The van der Waals surface area contributed by atoms with Crippen LogP contribution >= 0.6 is 11.8 Å². The first-order chi connectivity index (χ1) is 10.1.